The minimum atomic E-state index is -0.156. The van der Waals surface area contributed by atoms with Gasteiger partial charge in [-0.2, -0.15) is 0 Å². The molecule has 1 heterocycles. The highest BCUT2D eigenvalue weighted by atomic mass is 16.5. The number of carbonyl (C=O) groups excluding carboxylic acids is 2. The van der Waals surface area contributed by atoms with E-state index in [-0.39, 0.29) is 18.0 Å². The number of methoxy groups -OCH3 is 1. The summed E-state index contributed by atoms with van der Waals surface area (Å²) in [6.07, 6.45) is 1.81. The van der Waals surface area contributed by atoms with Crippen LogP contribution in [0.1, 0.15) is 42.6 Å². The van der Waals surface area contributed by atoms with Crippen LogP contribution >= 0.6 is 0 Å². The lowest BCUT2D eigenvalue weighted by molar-refractivity contribution is 0.0773. The van der Waals surface area contributed by atoms with Crippen LogP contribution in [0.15, 0.2) is 48.5 Å². The number of hydrogen-bond acceptors (Lipinski definition) is 4. The van der Waals surface area contributed by atoms with E-state index in [4.69, 9.17) is 4.74 Å². The molecule has 1 fully saturated rings. The van der Waals surface area contributed by atoms with Crippen molar-refractivity contribution < 1.29 is 14.3 Å². The summed E-state index contributed by atoms with van der Waals surface area (Å²) >= 11 is 0. The molecular weight excluding hydrogens is 404 g/mol. The van der Waals surface area contributed by atoms with E-state index in [1.165, 1.54) is 5.69 Å². The van der Waals surface area contributed by atoms with Gasteiger partial charge in [-0.1, -0.05) is 12.1 Å². The van der Waals surface area contributed by atoms with E-state index in [1.807, 2.05) is 50.2 Å². The maximum atomic E-state index is 12.4. The van der Waals surface area contributed by atoms with E-state index in [2.05, 4.69) is 27.7 Å². The van der Waals surface area contributed by atoms with E-state index in [1.54, 1.807) is 12.0 Å². The maximum Gasteiger partial charge on any atom is 0.315 e. The lowest BCUT2D eigenvalue weighted by Gasteiger charge is -2.34. The lowest BCUT2D eigenvalue weighted by Crippen LogP contribution is -2.47. The van der Waals surface area contributed by atoms with Crippen LogP contribution < -0.4 is 20.3 Å². The SMILES string of the molecule is CCN(CC)C(=O)c1ccc(CNC(=O)NC2CCN(c3ccc(OC)cc3)CC2)cc1. The first kappa shape index (κ1) is 23.4. The smallest absolute Gasteiger partial charge is 0.315 e. The summed E-state index contributed by atoms with van der Waals surface area (Å²) in [5.41, 5.74) is 2.81. The van der Waals surface area contributed by atoms with E-state index in [0.717, 1.165) is 37.2 Å². The molecule has 0 spiro atoms. The number of anilines is 1. The van der Waals surface area contributed by atoms with Crippen LogP contribution in [0, 0.1) is 0 Å². The first-order chi connectivity index (χ1) is 15.5. The Balaban J connectivity index is 1.41. The highest BCUT2D eigenvalue weighted by molar-refractivity contribution is 5.94. The largest absolute Gasteiger partial charge is 0.497 e. The van der Waals surface area contributed by atoms with Crippen molar-refractivity contribution in [3.8, 4) is 5.75 Å². The van der Waals surface area contributed by atoms with Crippen molar-refractivity contribution in [3.63, 3.8) is 0 Å². The fourth-order valence-corrected chi connectivity index (χ4v) is 3.95. The fraction of sp³-hybridized carbons (Fsp3) is 0.440. The zero-order valence-electron chi connectivity index (χ0n) is 19.3. The Kier molecular flexibility index (Phi) is 8.36. The normalized spacial score (nSPS) is 14.0. The van der Waals surface area contributed by atoms with Gasteiger partial charge >= 0.3 is 6.03 Å². The molecule has 172 valence electrons. The highest BCUT2D eigenvalue weighted by Crippen LogP contribution is 2.22. The van der Waals surface area contributed by atoms with Crippen LogP contribution in [0.4, 0.5) is 10.5 Å². The molecule has 1 saturated heterocycles. The highest BCUT2D eigenvalue weighted by Gasteiger charge is 2.21. The van der Waals surface area contributed by atoms with Crippen molar-refractivity contribution in [2.24, 2.45) is 0 Å². The lowest BCUT2D eigenvalue weighted by atomic mass is 10.0. The van der Waals surface area contributed by atoms with Crippen LogP contribution in [0.5, 0.6) is 5.75 Å². The van der Waals surface area contributed by atoms with Crippen molar-refractivity contribution in [2.75, 3.05) is 38.2 Å². The van der Waals surface area contributed by atoms with E-state index in [9.17, 15) is 9.59 Å². The predicted molar refractivity (Wildman–Crippen MR) is 127 cm³/mol. The van der Waals surface area contributed by atoms with E-state index in [0.29, 0.717) is 25.2 Å². The molecule has 7 heteroatoms. The zero-order valence-corrected chi connectivity index (χ0v) is 19.3. The summed E-state index contributed by atoms with van der Waals surface area (Å²) in [7, 11) is 1.67. The quantitative estimate of drug-likeness (QED) is 0.660. The van der Waals surface area contributed by atoms with Crippen LogP contribution in [0.3, 0.4) is 0 Å². The number of hydrogen-bond donors (Lipinski definition) is 2. The summed E-state index contributed by atoms with van der Waals surface area (Å²) in [5, 5.41) is 6.00. The van der Waals surface area contributed by atoms with Gasteiger partial charge in [0.2, 0.25) is 0 Å². The topological polar surface area (TPSA) is 73.9 Å². The molecular formula is C25H34N4O3. The third kappa shape index (κ3) is 6.15. The minimum absolute atomic E-state index is 0.0354. The molecule has 0 atom stereocenters. The average molecular weight is 439 g/mol. The number of amides is 3. The maximum absolute atomic E-state index is 12.4. The molecule has 0 unspecified atom stereocenters. The summed E-state index contributed by atoms with van der Waals surface area (Å²) < 4.78 is 5.22. The Hall–Kier alpha value is -3.22. The number of piperidine rings is 1. The molecule has 3 amide bonds. The summed E-state index contributed by atoms with van der Waals surface area (Å²) in [5.74, 6) is 0.889. The van der Waals surface area contributed by atoms with Gasteiger partial charge in [0.25, 0.3) is 5.91 Å². The Labute approximate surface area is 190 Å². The van der Waals surface area contributed by atoms with Crippen LogP contribution in [0.25, 0.3) is 0 Å². The van der Waals surface area contributed by atoms with Gasteiger partial charge in [0.05, 0.1) is 7.11 Å². The summed E-state index contributed by atoms with van der Waals surface area (Å²) in [6.45, 7) is 7.56. The molecule has 0 aromatic heterocycles. The summed E-state index contributed by atoms with van der Waals surface area (Å²) in [6, 6.07) is 15.5. The van der Waals surface area contributed by atoms with Gasteiger partial charge < -0.3 is 25.2 Å². The van der Waals surface area contributed by atoms with Crippen molar-refractivity contribution in [1.29, 1.82) is 0 Å². The summed E-state index contributed by atoms with van der Waals surface area (Å²) in [4.78, 5) is 28.8. The number of ether oxygens (including phenoxy) is 1. The first-order valence-corrected chi connectivity index (χ1v) is 11.4. The molecule has 32 heavy (non-hydrogen) atoms. The zero-order chi connectivity index (χ0) is 22.9. The first-order valence-electron chi connectivity index (χ1n) is 11.4. The molecule has 7 nitrogen and oxygen atoms in total. The Morgan fingerprint density at radius 2 is 1.62 bits per heavy atom. The molecule has 0 bridgehead atoms. The van der Waals surface area contributed by atoms with Crippen LogP contribution in [-0.2, 0) is 6.54 Å². The van der Waals surface area contributed by atoms with Gasteiger partial charge in [-0.15, -0.1) is 0 Å². The van der Waals surface area contributed by atoms with Crippen LogP contribution in [0.2, 0.25) is 0 Å². The average Bonchev–Trinajstić information content (AvgIpc) is 2.84. The minimum Gasteiger partial charge on any atom is -0.497 e. The molecule has 3 rings (SSSR count). The van der Waals surface area contributed by atoms with E-state index >= 15 is 0 Å². The Morgan fingerprint density at radius 3 is 2.19 bits per heavy atom. The van der Waals surface area contributed by atoms with Gasteiger partial charge in [-0.05, 0) is 68.7 Å². The predicted octanol–water partition coefficient (Wildman–Crippen LogP) is 3.65. The van der Waals surface area contributed by atoms with Gasteiger partial charge in [-0.3, -0.25) is 4.79 Å². The van der Waals surface area contributed by atoms with Gasteiger partial charge in [0.15, 0.2) is 0 Å². The molecule has 0 radical (unpaired) electrons. The second-order valence-corrected chi connectivity index (χ2v) is 7.96. The second-order valence-electron chi connectivity index (χ2n) is 7.96. The standard InChI is InChI=1S/C25H34N4O3/c1-4-28(5-2)24(30)20-8-6-19(7-9-20)18-26-25(31)27-21-14-16-29(17-15-21)22-10-12-23(32-3)13-11-22/h6-13,21H,4-5,14-18H2,1-3H3,(H2,26,27,31). The number of nitrogens with one attached hydrogen (secondary N) is 2. The van der Waals surface area contributed by atoms with Crippen molar-refractivity contribution in [1.82, 2.24) is 15.5 Å². The Morgan fingerprint density at radius 1 is 1.00 bits per heavy atom. The monoisotopic (exact) mass is 438 g/mol. The molecule has 2 aromatic carbocycles. The third-order valence-electron chi connectivity index (χ3n) is 5.97. The fourth-order valence-electron chi connectivity index (χ4n) is 3.95. The molecule has 0 saturated carbocycles. The Bertz CT molecular complexity index is 871. The molecule has 1 aliphatic rings. The van der Waals surface area contributed by atoms with Gasteiger partial charge in [-0.25, -0.2) is 4.79 Å². The van der Waals surface area contributed by atoms with E-state index < -0.39 is 0 Å². The van der Waals surface area contributed by atoms with Crippen LogP contribution in [-0.4, -0.2) is 56.2 Å². The number of rotatable bonds is 8. The second kappa shape index (κ2) is 11.4. The molecule has 2 aromatic rings. The molecule has 2 N–H and O–H groups in total. The van der Waals surface area contributed by atoms with Crippen molar-refractivity contribution in [3.05, 3.63) is 59.7 Å². The third-order valence-corrected chi connectivity index (χ3v) is 5.97. The number of nitrogens with zero attached hydrogens (tertiary/aromatic N) is 2. The number of benzene rings is 2. The molecule has 1 aliphatic heterocycles. The van der Waals surface area contributed by atoms with Gasteiger partial charge in [0, 0.05) is 50.0 Å². The number of carbonyl (C=O) groups is 2. The molecule has 0 aliphatic carbocycles. The van der Waals surface area contributed by atoms with Gasteiger partial charge in [0.1, 0.15) is 5.75 Å². The number of urea groups is 1. The van der Waals surface area contributed by atoms with Crippen molar-refractivity contribution in [2.45, 2.75) is 39.3 Å². The van der Waals surface area contributed by atoms with Crippen molar-refractivity contribution >= 4 is 17.6 Å².